The van der Waals surface area contributed by atoms with Crippen LogP contribution in [-0.2, 0) is 10.0 Å². The normalized spacial score (nSPS) is 24.3. The number of hydrogen-bond donors (Lipinski definition) is 2. The maximum atomic E-state index is 12.7. The third kappa shape index (κ3) is 3.84. The van der Waals surface area contributed by atoms with E-state index in [4.69, 9.17) is 0 Å². The first kappa shape index (κ1) is 17.7. The Labute approximate surface area is 155 Å². The molecule has 0 unspecified atom stereocenters. The molecule has 2 saturated carbocycles. The Morgan fingerprint density at radius 1 is 0.962 bits per heavy atom. The zero-order chi connectivity index (χ0) is 18.0. The molecule has 2 aliphatic rings. The van der Waals surface area contributed by atoms with E-state index < -0.39 is 10.0 Å². The van der Waals surface area contributed by atoms with E-state index in [-0.39, 0.29) is 12.1 Å². The molecule has 1 aromatic carbocycles. The van der Waals surface area contributed by atoms with E-state index in [9.17, 15) is 8.42 Å². The first-order chi connectivity index (χ1) is 12.6. The van der Waals surface area contributed by atoms with E-state index in [1.54, 1.807) is 35.1 Å². The molecule has 0 amide bonds. The molecule has 26 heavy (non-hydrogen) atoms. The Morgan fingerprint density at radius 2 is 1.69 bits per heavy atom. The molecule has 140 valence electrons. The van der Waals surface area contributed by atoms with Crippen molar-refractivity contribution in [3.05, 3.63) is 42.7 Å². The van der Waals surface area contributed by atoms with E-state index in [0.717, 1.165) is 18.5 Å². The van der Waals surface area contributed by atoms with E-state index in [1.807, 2.05) is 12.3 Å². The van der Waals surface area contributed by atoms with Gasteiger partial charge in [0.05, 0.1) is 10.6 Å². The van der Waals surface area contributed by atoms with Crippen molar-refractivity contribution >= 4 is 10.0 Å². The average Bonchev–Trinajstić information content (AvgIpc) is 3.19. The molecule has 1 heterocycles. The van der Waals surface area contributed by atoms with Crippen molar-refractivity contribution in [2.75, 3.05) is 0 Å². The van der Waals surface area contributed by atoms with Crippen LogP contribution in [0, 0.1) is 0 Å². The molecule has 0 spiro atoms. The summed E-state index contributed by atoms with van der Waals surface area (Å²) >= 11 is 0. The molecule has 2 fully saturated rings. The number of nitrogens with one attached hydrogen (secondary N) is 2. The second kappa shape index (κ2) is 7.50. The third-order valence-electron chi connectivity index (χ3n) is 5.55. The zero-order valence-corrected chi connectivity index (χ0v) is 15.7. The number of hydrogen-bond acceptors (Lipinski definition) is 4. The lowest BCUT2D eigenvalue weighted by Crippen LogP contribution is -2.59. The standard InChI is InChI=1S/C19H26N4O2S/c24-26(25,17-9-7-16(8-10-17)23-14-4-13-20-23)22-19-12-11-18(19)21-15-5-2-1-3-6-15/h4,7-10,13-15,18-19,21-22H,1-3,5-6,11-12H2/t18-,19+/m1/s1. The van der Waals surface area contributed by atoms with Crippen LogP contribution in [0.4, 0.5) is 0 Å². The summed E-state index contributed by atoms with van der Waals surface area (Å²) in [6, 6.07) is 9.48. The minimum atomic E-state index is -3.50. The zero-order valence-electron chi connectivity index (χ0n) is 14.8. The van der Waals surface area contributed by atoms with Gasteiger partial charge in [0.2, 0.25) is 10.0 Å². The molecule has 0 bridgehead atoms. The number of sulfonamides is 1. The molecule has 4 rings (SSSR count). The van der Waals surface area contributed by atoms with Gasteiger partial charge < -0.3 is 5.32 Å². The number of nitrogens with zero attached hydrogens (tertiary/aromatic N) is 2. The van der Waals surface area contributed by atoms with E-state index in [0.29, 0.717) is 10.9 Å². The lowest BCUT2D eigenvalue weighted by Gasteiger charge is -2.40. The van der Waals surface area contributed by atoms with E-state index in [2.05, 4.69) is 15.1 Å². The molecule has 0 saturated heterocycles. The lowest BCUT2D eigenvalue weighted by molar-refractivity contribution is 0.221. The summed E-state index contributed by atoms with van der Waals surface area (Å²) in [4.78, 5) is 0.303. The molecule has 2 aromatic rings. The third-order valence-corrected chi connectivity index (χ3v) is 7.06. The Balaban J connectivity index is 1.39. The topological polar surface area (TPSA) is 76.0 Å². The van der Waals surface area contributed by atoms with Gasteiger partial charge in [-0.1, -0.05) is 19.3 Å². The first-order valence-electron chi connectivity index (χ1n) is 9.50. The number of benzene rings is 1. The Morgan fingerprint density at radius 3 is 2.31 bits per heavy atom. The fourth-order valence-electron chi connectivity index (χ4n) is 3.88. The molecule has 1 aromatic heterocycles. The molecule has 0 aliphatic heterocycles. The fraction of sp³-hybridized carbons (Fsp3) is 0.526. The largest absolute Gasteiger partial charge is 0.310 e. The van der Waals surface area contributed by atoms with Crippen molar-refractivity contribution in [3.63, 3.8) is 0 Å². The molecule has 2 atom stereocenters. The van der Waals surface area contributed by atoms with Crippen molar-refractivity contribution in [2.45, 2.75) is 68.0 Å². The summed E-state index contributed by atoms with van der Waals surface area (Å²) in [5.74, 6) is 0. The summed E-state index contributed by atoms with van der Waals surface area (Å²) in [6.45, 7) is 0. The molecule has 0 radical (unpaired) electrons. The Bertz CT molecular complexity index is 812. The van der Waals surface area contributed by atoms with Crippen molar-refractivity contribution in [1.82, 2.24) is 19.8 Å². The first-order valence-corrected chi connectivity index (χ1v) is 11.0. The van der Waals surface area contributed by atoms with E-state index >= 15 is 0 Å². The predicted molar refractivity (Wildman–Crippen MR) is 101 cm³/mol. The van der Waals surface area contributed by atoms with Gasteiger partial charge in [0.15, 0.2) is 0 Å². The SMILES string of the molecule is O=S(=O)(N[C@H]1CC[C@H]1NC1CCCCC1)c1ccc(-n2cccn2)cc1. The molecule has 6 nitrogen and oxygen atoms in total. The highest BCUT2D eigenvalue weighted by atomic mass is 32.2. The highest BCUT2D eigenvalue weighted by molar-refractivity contribution is 7.89. The summed E-state index contributed by atoms with van der Waals surface area (Å²) < 4.78 is 30.0. The van der Waals surface area contributed by atoms with Crippen molar-refractivity contribution < 1.29 is 8.42 Å². The van der Waals surface area contributed by atoms with E-state index in [1.165, 1.54) is 32.1 Å². The van der Waals surface area contributed by atoms with Crippen molar-refractivity contribution in [3.8, 4) is 5.69 Å². The molecular weight excluding hydrogens is 348 g/mol. The molecular formula is C19H26N4O2S. The van der Waals surface area contributed by atoms with Crippen LogP contribution >= 0.6 is 0 Å². The fourth-order valence-corrected chi connectivity index (χ4v) is 5.19. The quantitative estimate of drug-likeness (QED) is 0.815. The van der Waals surface area contributed by atoms with Crippen LogP contribution in [0.1, 0.15) is 44.9 Å². The van der Waals surface area contributed by atoms with Crippen molar-refractivity contribution in [2.24, 2.45) is 0 Å². The van der Waals surface area contributed by atoms with Gasteiger partial charge in [-0.15, -0.1) is 0 Å². The summed E-state index contributed by atoms with van der Waals surface area (Å²) in [5, 5.41) is 7.83. The van der Waals surface area contributed by atoms with Crippen LogP contribution in [0.25, 0.3) is 5.69 Å². The lowest BCUT2D eigenvalue weighted by atomic mass is 9.85. The second-order valence-electron chi connectivity index (χ2n) is 7.36. The van der Waals surface area contributed by atoms with Crippen LogP contribution in [-0.4, -0.2) is 36.3 Å². The molecule has 7 heteroatoms. The van der Waals surface area contributed by atoms with Gasteiger partial charge in [-0.2, -0.15) is 5.10 Å². The van der Waals surface area contributed by atoms with Gasteiger partial charge in [-0.3, -0.25) is 0 Å². The highest BCUT2D eigenvalue weighted by Crippen LogP contribution is 2.26. The predicted octanol–water partition coefficient (Wildman–Crippen LogP) is 2.60. The van der Waals surface area contributed by atoms with Crippen molar-refractivity contribution in [1.29, 1.82) is 0 Å². The van der Waals surface area contributed by atoms with Crippen LogP contribution in [0.15, 0.2) is 47.6 Å². The van der Waals surface area contributed by atoms with Crippen LogP contribution < -0.4 is 10.0 Å². The Hall–Kier alpha value is -1.70. The van der Waals surface area contributed by atoms with Gasteiger partial charge in [0.25, 0.3) is 0 Å². The maximum Gasteiger partial charge on any atom is 0.240 e. The Kier molecular flexibility index (Phi) is 5.11. The number of rotatable bonds is 6. The summed E-state index contributed by atoms with van der Waals surface area (Å²) in [7, 11) is -3.50. The second-order valence-corrected chi connectivity index (χ2v) is 9.07. The average molecular weight is 375 g/mol. The van der Waals surface area contributed by atoms with Gasteiger partial charge in [-0.25, -0.2) is 17.8 Å². The van der Waals surface area contributed by atoms with Gasteiger partial charge in [0, 0.05) is 30.5 Å². The van der Waals surface area contributed by atoms with Gasteiger partial charge in [0.1, 0.15) is 0 Å². The number of aromatic nitrogens is 2. The highest BCUT2D eigenvalue weighted by Gasteiger charge is 2.35. The van der Waals surface area contributed by atoms with Gasteiger partial charge >= 0.3 is 0 Å². The van der Waals surface area contributed by atoms with Gasteiger partial charge in [-0.05, 0) is 56.0 Å². The molecule has 2 N–H and O–H groups in total. The summed E-state index contributed by atoms with van der Waals surface area (Å²) in [5.41, 5.74) is 0.842. The van der Waals surface area contributed by atoms with Crippen LogP contribution in [0.3, 0.4) is 0 Å². The molecule has 2 aliphatic carbocycles. The monoisotopic (exact) mass is 374 g/mol. The smallest absolute Gasteiger partial charge is 0.240 e. The summed E-state index contributed by atoms with van der Waals surface area (Å²) in [6.07, 6.45) is 11.8. The maximum absolute atomic E-state index is 12.7. The minimum Gasteiger partial charge on any atom is -0.310 e. The van der Waals surface area contributed by atoms with Crippen LogP contribution in [0.5, 0.6) is 0 Å². The van der Waals surface area contributed by atoms with Crippen LogP contribution in [0.2, 0.25) is 0 Å². The minimum absolute atomic E-state index is 0.00674.